The Morgan fingerprint density at radius 1 is 1.06 bits per heavy atom. The Kier molecular flexibility index (Phi) is 5.99. The van der Waals surface area contributed by atoms with Gasteiger partial charge in [-0.2, -0.15) is 5.10 Å². The second kappa shape index (κ2) is 8.85. The number of fused-ring (bicyclic) bond motifs is 1. The topological polar surface area (TPSA) is 66.6 Å². The van der Waals surface area contributed by atoms with Crippen LogP contribution < -0.4 is 23.7 Å². The first-order valence-electron chi connectivity index (χ1n) is 9.92. The van der Waals surface area contributed by atoms with Gasteiger partial charge in [0.2, 0.25) is 11.6 Å². The summed E-state index contributed by atoms with van der Waals surface area (Å²) in [7, 11) is 3.30. The second-order valence-corrected chi connectivity index (χ2v) is 8.09. The van der Waals surface area contributed by atoms with Crippen LogP contribution >= 0.6 is 11.3 Å². The zero-order chi connectivity index (χ0) is 22.0. The van der Waals surface area contributed by atoms with Gasteiger partial charge in [-0.15, -0.1) is 11.3 Å². The van der Waals surface area contributed by atoms with Crippen LogP contribution in [0, 0.1) is 0 Å². The van der Waals surface area contributed by atoms with Crippen molar-refractivity contribution in [3.05, 3.63) is 52.1 Å². The Morgan fingerprint density at radius 3 is 2.61 bits per heavy atom. The fourth-order valence-corrected chi connectivity index (χ4v) is 4.19. The molecule has 1 aliphatic heterocycles. The number of hydrogen-bond acceptors (Lipinski definition) is 7. The summed E-state index contributed by atoms with van der Waals surface area (Å²) in [5.74, 6) is 2.95. The highest BCUT2D eigenvalue weighted by Crippen LogP contribution is 2.35. The van der Waals surface area contributed by atoms with Gasteiger partial charge in [0.1, 0.15) is 11.5 Å². The number of rotatable bonds is 6. The molecule has 162 valence electrons. The Morgan fingerprint density at radius 2 is 1.87 bits per heavy atom. The normalized spacial score (nSPS) is 13.7. The average Bonchev–Trinajstić information content (AvgIpc) is 3.39. The van der Waals surface area contributed by atoms with Gasteiger partial charge in [0.25, 0.3) is 0 Å². The van der Waals surface area contributed by atoms with E-state index in [9.17, 15) is 0 Å². The standard InChI is InChI=1S/C23H25N3O4S/c1-14(2)24-23-26(25-15(3)16-6-8-21-22(10-16)30-13-29-21)19(12-31-23)18-11-17(27-4)7-9-20(18)28-5/h6-12,14H,13H2,1-5H3. The van der Waals surface area contributed by atoms with Gasteiger partial charge in [-0.05, 0) is 57.2 Å². The van der Waals surface area contributed by atoms with E-state index >= 15 is 0 Å². The van der Waals surface area contributed by atoms with Crippen LogP contribution in [0.15, 0.2) is 51.9 Å². The Balaban J connectivity index is 1.87. The molecule has 8 heteroatoms. The number of hydrogen-bond donors (Lipinski definition) is 0. The number of aromatic nitrogens is 1. The van der Waals surface area contributed by atoms with Crippen LogP contribution in [0.25, 0.3) is 11.3 Å². The lowest BCUT2D eigenvalue weighted by Gasteiger charge is -2.12. The summed E-state index contributed by atoms with van der Waals surface area (Å²) in [6.07, 6.45) is 0. The van der Waals surface area contributed by atoms with Crippen molar-refractivity contribution in [2.75, 3.05) is 21.0 Å². The fourth-order valence-electron chi connectivity index (χ4n) is 3.24. The van der Waals surface area contributed by atoms with Crippen molar-refractivity contribution in [1.29, 1.82) is 0 Å². The predicted octanol–water partition coefficient (Wildman–Crippen LogP) is 4.54. The summed E-state index contributed by atoms with van der Waals surface area (Å²) in [5.41, 5.74) is 3.53. The highest BCUT2D eigenvalue weighted by molar-refractivity contribution is 7.07. The molecule has 3 aromatic rings. The molecule has 1 aromatic heterocycles. The third kappa shape index (κ3) is 4.29. The third-order valence-electron chi connectivity index (χ3n) is 4.78. The maximum Gasteiger partial charge on any atom is 0.231 e. The van der Waals surface area contributed by atoms with Gasteiger partial charge in [-0.1, -0.05) is 0 Å². The average molecular weight is 440 g/mol. The van der Waals surface area contributed by atoms with Gasteiger partial charge >= 0.3 is 0 Å². The molecule has 0 aliphatic carbocycles. The van der Waals surface area contributed by atoms with Crippen LogP contribution in [0.1, 0.15) is 26.3 Å². The maximum atomic E-state index is 5.61. The van der Waals surface area contributed by atoms with Gasteiger partial charge in [0, 0.05) is 22.5 Å². The number of thiazole rings is 1. The van der Waals surface area contributed by atoms with E-state index in [1.165, 1.54) is 11.3 Å². The zero-order valence-electron chi connectivity index (χ0n) is 18.2. The molecule has 0 unspecified atom stereocenters. The van der Waals surface area contributed by atoms with E-state index in [4.69, 9.17) is 29.0 Å². The lowest BCUT2D eigenvalue weighted by atomic mass is 10.1. The Bertz CT molecular complexity index is 1190. The molecule has 2 heterocycles. The molecule has 0 atom stereocenters. The summed E-state index contributed by atoms with van der Waals surface area (Å²) in [6, 6.07) is 11.7. The Hall–Kier alpha value is -3.26. The minimum absolute atomic E-state index is 0.131. The predicted molar refractivity (Wildman–Crippen MR) is 122 cm³/mol. The quantitative estimate of drug-likeness (QED) is 0.529. The zero-order valence-corrected chi connectivity index (χ0v) is 19.0. The lowest BCUT2D eigenvalue weighted by molar-refractivity contribution is 0.174. The van der Waals surface area contributed by atoms with Crippen molar-refractivity contribution >= 4 is 17.0 Å². The number of benzene rings is 2. The van der Waals surface area contributed by atoms with E-state index < -0.39 is 0 Å². The molecular weight excluding hydrogens is 414 g/mol. The van der Waals surface area contributed by atoms with E-state index in [1.807, 2.05) is 67.2 Å². The molecule has 0 radical (unpaired) electrons. The molecule has 0 N–H and O–H groups in total. The van der Waals surface area contributed by atoms with Crippen molar-refractivity contribution in [3.8, 4) is 34.3 Å². The molecule has 7 nitrogen and oxygen atoms in total. The van der Waals surface area contributed by atoms with Crippen molar-refractivity contribution in [2.45, 2.75) is 26.8 Å². The molecule has 4 rings (SSSR count). The Labute approximate surface area is 185 Å². The molecule has 31 heavy (non-hydrogen) atoms. The number of nitrogens with zero attached hydrogens (tertiary/aromatic N) is 3. The van der Waals surface area contributed by atoms with Crippen LogP contribution in [0.5, 0.6) is 23.0 Å². The van der Waals surface area contributed by atoms with Crippen LogP contribution in [-0.2, 0) is 0 Å². The fraction of sp³-hybridized carbons (Fsp3) is 0.304. The molecule has 0 bridgehead atoms. The van der Waals surface area contributed by atoms with Crippen molar-refractivity contribution < 1.29 is 18.9 Å². The minimum atomic E-state index is 0.131. The number of ether oxygens (including phenoxy) is 4. The van der Waals surface area contributed by atoms with Gasteiger partial charge in [0.15, 0.2) is 11.5 Å². The van der Waals surface area contributed by atoms with Crippen molar-refractivity contribution in [2.24, 2.45) is 10.1 Å². The van der Waals surface area contributed by atoms with E-state index in [0.717, 1.165) is 50.3 Å². The van der Waals surface area contributed by atoms with Crippen molar-refractivity contribution in [3.63, 3.8) is 0 Å². The second-order valence-electron chi connectivity index (χ2n) is 7.26. The first-order valence-corrected chi connectivity index (χ1v) is 10.8. The van der Waals surface area contributed by atoms with E-state index in [2.05, 4.69) is 0 Å². The largest absolute Gasteiger partial charge is 0.497 e. The SMILES string of the molecule is COc1ccc(OC)c(-c2csc(=NC(C)C)n2N=C(C)c2ccc3c(c2)OCO3)c1. The van der Waals surface area contributed by atoms with Crippen LogP contribution in [0.4, 0.5) is 0 Å². The van der Waals surface area contributed by atoms with E-state index in [1.54, 1.807) is 14.2 Å². The molecule has 0 amide bonds. The van der Waals surface area contributed by atoms with Crippen LogP contribution in [-0.4, -0.2) is 37.4 Å². The minimum Gasteiger partial charge on any atom is -0.497 e. The summed E-state index contributed by atoms with van der Waals surface area (Å²) in [5, 5.41) is 6.97. The molecule has 2 aromatic carbocycles. The van der Waals surface area contributed by atoms with E-state index in [-0.39, 0.29) is 12.8 Å². The van der Waals surface area contributed by atoms with E-state index in [0.29, 0.717) is 0 Å². The molecule has 0 saturated heterocycles. The van der Waals surface area contributed by atoms with Gasteiger partial charge in [0.05, 0.1) is 25.6 Å². The smallest absolute Gasteiger partial charge is 0.231 e. The first kappa shape index (κ1) is 21.0. The van der Waals surface area contributed by atoms with Crippen LogP contribution in [0.3, 0.4) is 0 Å². The molecule has 0 spiro atoms. The number of methoxy groups -OCH3 is 2. The van der Waals surface area contributed by atoms with Gasteiger partial charge in [-0.3, -0.25) is 4.99 Å². The molecule has 1 aliphatic rings. The summed E-state index contributed by atoms with van der Waals surface area (Å²) >= 11 is 1.54. The van der Waals surface area contributed by atoms with Crippen LogP contribution in [0.2, 0.25) is 0 Å². The summed E-state index contributed by atoms with van der Waals surface area (Å²) in [4.78, 5) is 5.57. The monoisotopic (exact) mass is 439 g/mol. The highest BCUT2D eigenvalue weighted by Gasteiger charge is 2.17. The molecular formula is C23H25N3O4S. The lowest BCUT2D eigenvalue weighted by Crippen LogP contribution is -2.16. The summed E-state index contributed by atoms with van der Waals surface area (Å²) < 4.78 is 23.8. The maximum absolute atomic E-state index is 5.61. The van der Waals surface area contributed by atoms with Crippen molar-refractivity contribution in [1.82, 2.24) is 4.68 Å². The molecule has 0 fully saturated rings. The third-order valence-corrected chi connectivity index (χ3v) is 5.61. The highest BCUT2D eigenvalue weighted by atomic mass is 32.1. The first-order chi connectivity index (χ1) is 15.0. The summed E-state index contributed by atoms with van der Waals surface area (Å²) in [6.45, 7) is 6.30. The van der Waals surface area contributed by atoms with Gasteiger partial charge < -0.3 is 18.9 Å². The van der Waals surface area contributed by atoms with Gasteiger partial charge in [-0.25, -0.2) is 4.68 Å². The molecule has 0 saturated carbocycles.